The van der Waals surface area contributed by atoms with Crippen molar-refractivity contribution in [2.75, 3.05) is 25.5 Å². The number of anilines is 1. The predicted molar refractivity (Wildman–Crippen MR) is 138 cm³/mol. The highest BCUT2D eigenvalue weighted by molar-refractivity contribution is 5.95. The van der Waals surface area contributed by atoms with Crippen molar-refractivity contribution >= 4 is 11.6 Å². The molecule has 0 saturated heterocycles. The van der Waals surface area contributed by atoms with Crippen molar-refractivity contribution in [1.82, 2.24) is 25.2 Å². The largest absolute Gasteiger partial charge is 0.497 e. The molecule has 1 unspecified atom stereocenters. The van der Waals surface area contributed by atoms with E-state index in [2.05, 4.69) is 45.8 Å². The van der Waals surface area contributed by atoms with Crippen LogP contribution in [-0.4, -0.2) is 52.0 Å². The monoisotopic (exact) mass is 472 g/mol. The smallest absolute Gasteiger partial charge is 0.255 e. The molecule has 8 nitrogen and oxygen atoms in total. The molecule has 1 heterocycles. The Morgan fingerprint density at radius 1 is 1.11 bits per heavy atom. The number of methoxy groups -OCH3 is 1. The first-order valence-corrected chi connectivity index (χ1v) is 11.9. The Kier molecular flexibility index (Phi) is 7.95. The summed E-state index contributed by atoms with van der Waals surface area (Å²) in [4.78, 5) is 14.9. The van der Waals surface area contributed by atoms with Gasteiger partial charge in [0.15, 0.2) is 0 Å². The minimum atomic E-state index is -0.151. The highest BCUT2D eigenvalue weighted by Gasteiger charge is 2.13. The zero-order valence-corrected chi connectivity index (χ0v) is 20.4. The second-order valence-corrected chi connectivity index (χ2v) is 8.36. The number of hydrogen-bond acceptors (Lipinski definition) is 6. The van der Waals surface area contributed by atoms with Gasteiger partial charge in [0, 0.05) is 23.5 Å². The maximum atomic E-state index is 12.6. The van der Waals surface area contributed by atoms with Crippen molar-refractivity contribution in [2.45, 2.75) is 32.9 Å². The number of nitrogens with zero attached hydrogens (tertiary/aromatic N) is 4. The normalized spacial score (nSPS) is 15.1. The molecule has 3 aromatic rings. The molecule has 1 amide bonds. The molecular weight excluding hydrogens is 440 g/mol. The van der Waals surface area contributed by atoms with Crippen molar-refractivity contribution in [3.63, 3.8) is 0 Å². The van der Waals surface area contributed by atoms with Crippen molar-refractivity contribution in [3.8, 4) is 11.4 Å². The molecule has 1 aliphatic carbocycles. The Labute approximate surface area is 206 Å². The Bertz CT molecular complexity index is 1180. The maximum absolute atomic E-state index is 12.6. The fraction of sp³-hybridized carbons (Fsp3) is 0.296. The van der Waals surface area contributed by atoms with Gasteiger partial charge < -0.3 is 15.4 Å². The van der Waals surface area contributed by atoms with Crippen LogP contribution in [-0.2, 0) is 6.54 Å². The van der Waals surface area contributed by atoms with Gasteiger partial charge in [0.25, 0.3) is 5.91 Å². The van der Waals surface area contributed by atoms with Gasteiger partial charge >= 0.3 is 0 Å². The van der Waals surface area contributed by atoms with E-state index in [9.17, 15) is 4.79 Å². The van der Waals surface area contributed by atoms with Crippen LogP contribution in [0.25, 0.3) is 5.69 Å². The van der Waals surface area contributed by atoms with Crippen molar-refractivity contribution < 1.29 is 9.53 Å². The first-order chi connectivity index (χ1) is 17.1. The van der Waals surface area contributed by atoms with Crippen LogP contribution in [0.5, 0.6) is 5.75 Å². The summed E-state index contributed by atoms with van der Waals surface area (Å²) in [7, 11) is 1.60. The molecule has 35 heavy (non-hydrogen) atoms. The number of ether oxygens (including phenoxy) is 1. The van der Waals surface area contributed by atoms with E-state index in [1.807, 2.05) is 42.6 Å². The van der Waals surface area contributed by atoms with Crippen LogP contribution in [0.15, 0.2) is 78.7 Å². The first-order valence-electron chi connectivity index (χ1n) is 11.9. The van der Waals surface area contributed by atoms with E-state index in [4.69, 9.17) is 4.74 Å². The van der Waals surface area contributed by atoms with Crippen molar-refractivity contribution in [1.29, 1.82) is 0 Å². The second kappa shape index (κ2) is 11.5. The number of allylic oxidation sites excluding steroid dienone is 1. The number of carbonyl (C=O) groups excluding carboxylic acids is 1. The van der Waals surface area contributed by atoms with E-state index in [1.165, 1.54) is 0 Å². The molecule has 1 atom stereocenters. The van der Waals surface area contributed by atoms with Crippen molar-refractivity contribution in [3.05, 3.63) is 89.9 Å². The lowest BCUT2D eigenvalue weighted by molar-refractivity contribution is 0.0967. The third-order valence-electron chi connectivity index (χ3n) is 5.98. The molecule has 2 aromatic carbocycles. The Hall–Kier alpha value is -3.91. The zero-order chi connectivity index (χ0) is 24.6. The van der Waals surface area contributed by atoms with Gasteiger partial charge in [0.1, 0.15) is 5.75 Å². The summed E-state index contributed by atoms with van der Waals surface area (Å²) in [5, 5.41) is 15.1. The van der Waals surface area contributed by atoms with E-state index in [0.717, 1.165) is 54.6 Å². The van der Waals surface area contributed by atoms with E-state index in [-0.39, 0.29) is 11.9 Å². The quantitative estimate of drug-likeness (QED) is 0.461. The first kappa shape index (κ1) is 24.2. The van der Waals surface area contributed by atoms with Crippen LogP contribution in [0.3, 0.4) is 0 Å². The van der Waals surface area contributed by atoms with Crippen LogP contribution < -0.4 is 15.4 Å². The molecule has 1 aromatic heterocycles. The molecule has 0 fully saturated rings. The van der Waals surface area contributed by atoms with Gasteiger partial charge in [-0.25, -0.2) is 4.68 Å². The van der Waals surface area contributed by atoms with Gasteiger partial charge in [0.05, 0.1) is 30.7 Å². The molecule has 0 aliphatic heterocycles. The highest BCUT2D eigenvalue weighted by atomic mass is 16.5. The molecule has 2 N–H and O–H groups in total. The number of rotatable bonds is 10. The molecule has 182 valence electrons. The molecule has 0 saturated carbocycles. The minimum Gasteiger partial charge on any atom is -0.497 e. The molecule has 1 aliphatic rings. The van der Waals surface area contributed by atoms with Crippen LogP contribution >= 0.6 is 0 Å². The number of hydrogen-bond donors (Lipinski definition) is 2. The predicted octanol–water partition coefficient (Wildman–Crippen LogP) is 4.17. The third kappa shape index (κ3) is 6.36. The van der Waals surface area contributed by atoms with Gasteiger partial charge in [-0.15, -0.1) is 5.10 Å². The Morgan fingerprint density at radius 2 is 1.86 bits per heavy atom. The lowest BCUT2D eigenvalue weighted by Gasteiger charge is -2.20. The second-order valence-electron chi connectivity index (χ2n) is 8.36. The fourth-order valence-corrected chi connectivity index (χ4v) is 3.91. The lowest BCUT2D eigenvalue weighted by atomic mass is 10.1. The summed E-state index contributed by atoms with van der Waals surface area (Å²) in [6, 6.07) is 15.2. The summed E-state index contributed by atoms with van der Waals surface area (Å²) in [5.74, 6) is 0.569. The van der Waals surface area contributed by atoms with E-state index < -0.39 is 0 Å². The average Bonchev–Trinajstić information content (AvgIpc) is 3.36. The standard InChI is InChI=1S/C27H32N6O2/c1-4-32(5-2)18-24-19-33(31-30-24)25-13-11-21(12-14-25)28-22-7-6-8-23(17-22)29-27(34)20-9-15-26(35-3)16-10-20/h6,8-17,19,22,28H,4-5,7,18H2,1-3H3,(H,29,34). The molecule has 0 radical (unpaired) electrons. The minimum absolute atomic E-state index is 0.0732. The van der Waals surface area contributed by atoms with Gasteiger partial charge in [-0.1, -0.05) is 25.1 Å². The van der Waals surface area contributed by atoms with Gasteiger partial charge in [0.2, 0.25) is 0 Å². The summed E-state index contributed by atoms with van der Waals surface area (Å²) < 4.78 is 6.96. The Balaban J connectivity index is 1.35. The topological polar surface area (TPSA) is 84.3 Å². The number of amides is 1. The lowest BCUT2D eigenvalue weighted by Crippen LogP contribution is -2.26. The maximum Gasteiger partial charge on any atom is 0.255 e. The van der Waals surface area contributed by atoms with Crippen LogP contribution in [0.4, 0.5) is 5.69 Å². The Morgan fingerprint density at radius 3 is 2.54 bits per heavy atom. The third-order valence-corrected chi connectivity index (χ3v) is 5.98. The van der Waals surface area contributed by atoms with Gasteiger partial charge in [-0.05, 0) is 80.2 Å². The van der Waals surface area contributed by atoms with Crippen LogP contribution in [0.2, 0.25) is 0 Å². The molecule has 0 spiro atoms. The number of nitrogens with one attached hydrogen (secondary N) is 2. The SMILES string of the molecule is CCN(CC)Cc1cn(-c2ccc(NC3C=C(NC(=O)c4ccc(OC)cc4)C=CC3)cc2)nn1. The fourth-order valence-electron chi connectivity index (χ4n) is 3.91. The molecule has 8 heteroatoms. The summed E-state index contributed by atoms with van der Waals surface area (Å²) in [6.45, 7) is 7.07. The number of benzene rings is 2. The van der Waals surface area contributed by atoms with Gasteiger partial charge in [-0.3, -0.25) is 9.69 Å². The van der Waals surface area contributed by atoms with E-state index >= 15 is 0 Å². The number of carbonyl (C=O) groups is 1. The van der Waals surface area contributed by atoms with Gasteiger partial charge in [-0.2, -0.15) is 0 Å². The number of aromatic nitrogens is 3. The average molecular weight is 473 g/mol. The summed E-state index contributed by atoms with van der Waals surface area (Å²) >= 11 is 0. The van der Waals surface area contributed by atoms with Crippen LogP contribution in [0, 0.1) is 0 Å². The summed E-state index contributed by atoms with van der Waals surface area (Å²) in [6.07, 6.45) is 8.84. The molecule has 0 bridgehead atoms. The molecular formula is C27H32N6O2. The van der Waals surface area contributed by atoms with Crippen molar-refractivity contribution in [2.24, 2.45) is 0 Å². The van der Waals surface area contributed by atoms with E-state index in [0.29, 0.717) is 5.56 Å². The molecule has 4 rings (SSSR count). The highest BCUT2D eigenvalue weighted by Crippen LogP contribution is 2.19. The summed E-state index contributed by atoms with van der Waals surface area (Å²) in [5.41, 5.74) is 4.27. The zero-order valence-electron chi connectivity index (χ0n) is 20.4. The van der Waals surface area contributed by atoms with E-state index in [1.54, 1.807) is 36.1 Å². The van der Waals surface area contributed by atoms with Crippen LogP contribution in [0.1, 0.15) is 36.3 Å².